The summed E-state index contributed by atoms with van der Waals surface area (Å²) in [4.78, 5) is 41.3. The average molecular weight is 609 g/mol. The lowest BCUT2D eigenvalue weighted by Crippen LogP contribution is -2.45. The average Bonchev–Trinajstić information content (AvgIpc) is 3.62. The molecule has 4 aromatic rings. The molecule has 0 radical (unpaired) electrons. The van der Waals surface area contributed by atoms with Crippen LogP contribution in [0.15, 0.2) is 83.4 Å². The third kappa shape index (κ3) is 6.77. The molecule has 11 nitrogen and oxygen atoms in total. The summed E-state index contributed by atoms with van der Waals surface area (Å²) in [7, 11) is 0. The van der Waals surface area contributed by atoms with E-state index in [0.29, 0.717) is 47.6 Å². The molecule has 11 heteroatoms. The fourth-order valence-electron chi connectivity index (χ4n) is 5.36. The SMILES string of the molecule is O=C1COc2cc(OCC3CC3)cc(c2)C(=O)N[C@H]2CN(C(=O)c3cc(-c4ccccc4)on3)C[C@@H]2Oc2ccc(cc2)CN1. The number of hydrogen-bond donors (Lipinski definition) is 2. The van der Waals surface area contributed by atoms with Crippen LogP contribution >= 0.6 is 0 Å². The number of hydrogen-bond acceptors (Lipinski definition) is 8. The van der Waals surface area contributed by atoms with Gasteiger partial charge in [-0.05, 0) is 48.6 Å². The van der Waals surface area contributed by atoms with Crippen LogP contribution in [-0.2, 0) is 11.3 Å². The number of nitrogens with one attached hydrogen (secondary N) is 2. The molecule has 230 valence electrons. The van der Waals surface area contributed by atoms with Crippen LogP contribution in [0.5, 0.6) is 17.2 Å². The van der Waals surface area contributed by atoms with Crippen molar-refractivity contribution in [2.75, 3.05) is 26.3 Å². The molecular weight excluding hydrogens is 576 g/mol. The first-order chi connectivity index (χ1) is 22.0. The number of aromatic nitrogens is 1. The molecule has 4 aliphatic rings. The van der Waals surface area contributed by atoms with Crippen molar-refractivity contribution in [2.24, 2.45) is 5.92 Å². The van der Waals surface area contributed by atoms with Crippen LogP contribution in [0.2, 0.25) is 0 Å². The second kappa shape index (κ2) is 12.4. The van der Waals surface area contributed by atoms with Gasteiger partial charge in [0.1, 0.15) is 23.4 Å². The van der Waals surface area contributed by atoms with Gasteiger partial charge in [-0.15, -0.1) is 0 Å². The van der Waals surface area contributed by atoms with Crippen LogP contribution in [0, 0.1) is 5.92 Å². The van der Waals surface area contributed by atoms with E-state index in [4.69, 9.17) is 18.7 Å². The van der Waals surface area contributed by atoms with E-state index in [-0.39, 0.29) is 43.1 Å². The monoisotopic (exact) mass is 608 g/mol. The van der Waals surface area contributed by atoms with Crippen LogP contribution < -0.4 is 24.8 Å². The quantitative estimate of drug-likeness (QED) is 0.349. The third-order valence-electron chi connectivity index (χ3n) is 8.05. The van der Waals surface area contributed by atoms with E-state index in [0.717, 1.165) is 24.0 Å². The predicted octanol–water partition coefficient (Wildman–Crippen LogP) is 3.84. The molecule has 4 bridgehead atoms. The maximum absolute atomic E-state index is 13.7. The highest BCUT2D eigenvalue weighted by Crippen LogP contribution is 2.31. The molecule has 45 heavy (non-hydrogen) atoms. The lowest BCUT2D eigenvalue weighted by Gasteiger charge is -2.21. The Kier molecular flexibility index (Phi) is 7.81. The molecule has 2 fully saturated rings. The number of nitrogens with zero attached hydrogens (tertiary/aromatic N) is 2. The zero-order valence-corrected chi connectivity index (χ0v) is 24.4. The number of fused-ring (bicyclic) bond motifs is 7. The summed E-state index contributed by atoms with van der Waals surface area (Å²) in [6.45, 7) is 1.06. The fraction of sp³-hybridized carbons (Fsp3) is 0.294. The second-order valence-electron chi connectivity index (χ2n) is 11.5. The Labute approximate surface area is 259 Å². The van der Waals surface area contributed by atoms with Crippen LogP contribution in [0.3, 0.4) is 0 Å². The Morgan fingerprint density at radius 3 is 2.56 bits per heavy atom. The molecule has 8 rings (SSSR count). The largest absolute Gasteiger partial charge is 0.493 e. The van der Waals surface area contributed by atoms with Crippen molar-refractivity contribution in [3.63, 3.8) is 0 Å². The first kappa shape index (κ1) is 28.5. The van der Waals surface area contributed by atoms with E-state index in [1.54, 1.807) is 41.3 Å². The van der Waals surface area contributed by atoms with Crippen molar-refractivity contribution >= 4 is 17.7 Å². The molecule has 2 N–H and O–H groups in total. The lowest BCUT2D eigenvalue weighted by atomic mass is 10.1. The molecule has 3 aromatic carbocycles. The van der Waals surface area contributed by atoms with Gasteiger partial charge < -0.3 is 34.3 Å². The smallest absolute Gasteiger partial charge is 0.276 e. The van der Waals surface area contributed by atoms with Crippen molar-refractivity contribution < 1.29 is 33.1 Å². The minimum atomic E-state index is -0.551. The summed E-state index contributed by atoms with van der Waals surface area (Å²) in [5.41, 5.74) is 2.17. The van der Waals surface area contributed by atoms with Crippen LogP contribution in [0.4, 0.5) is 0 Å². The fourth-order valence-corrected chi connectivity index (χ4v) is 5.36. The van der Waals surface area contributed by atoms with Gasteiger partial charge >= 0.3 is 0 Å². The van der Waals surface area contributed by atoms with E-state index in [1.165, 1.54) is 0 Å². The van der Waals surface area contributed by atoms with Gasteiger partial charge in [0, 0.05) is 36.3 Å². The van der Waals surface area contributed by atoms with Gasteiger partial charge in [-0.3, -0.25) is 14.4 Å². The Morgan fingerprint density at radius 1 is 0.933 bits per heavy atom. The minimum Gasteiger partial charge on any atom is -0.493 e. The van der Waals surface area contributed by atoms with Crippen molar-refractivity contribution in [1.29, 1.82) is 0 Å². The Hall–Kier alpha value is -5.32. The maximum atomic E-state index is 13.7. The molecule has 0 unspecified atom stereocenters. The van der Waals surface area contributed by atoms with Gasteiger partial charge in [-0.25, -0.2) is 0 Å². The van der Waals surface area contributed by atoms with Crippen molar-refractivity contribution in [1.82, 2.24) is 20.7 Å². The van der Waals surface area contributed by atoms with Crippen LogP contribution in [-0.4, -0.2) is 66.2 Å². The zero-order valence-electron chi connectivity index (χ0n) is 24.4. The molecule has 4 heterocycles. The van der Waals surface area contributed by atoms with Gasteiger partial charge in [0.25, 0.3) is 17.7 Å². The summed E-state index contributed by atoms with van der Waals surface area (Å²) < 4.78 is 23.5. The van der Waals surface area contributed by atoms with Crippen LogP contribution in [0.1, 0.15) is 39.3 Å². The van der Waals surface area contributed by atoms with Gasteiger partial charge in [-0.2, -0.15) is 0 Å². The standard InChI is InChI=1S/C34H32N4O7/c39-32-20-43-27-13-24(12-26(14-27)42-19-22-6-7-22)33(40)36-29-17-38(18-31(29)44-25-10-8-21(9-11-25)16-35-32)34(41)28-15-30(45-37-28)23-4-2-1-3-5-23/h1-5,8-15,22,29,31H,6-7,16-20H2,(H,35,39)(H,36,40)/t29-,31-/m0/s1. The summed E-state index contributed by atoms with van der Waals surface area (Å²) in [6.07, 6.45) is 1.68. The summed E-state index contributed by atoms with van der Waals surface area (Å²) >= 11 is 0. The van der Waals surface area contributed by atoms with E-state index in [1.807, 2.05) is 42.5 Å². The Bertz CT molecular complexity index is 1700. The van der Waals surface area contributed by atoms with Crippen molar-refractivity contribution in [2.45, 2.75) is 31.5 Å². The maximum Gasteiger partial charge on any atom is 0.276 e. The minimum absolute atomic E-state index is 0.169. The zero-order chi connectivity index (χ0) is 30.8. The summed E-state index contributed by atoms with van der Waals surface area (Å²) in [6, 6.07) is 22.7. The first-order valence-electron chi connectivity index (χ1n) is 15.0. The van der Waals surface area contributed by atoms with E-state index in [2.05, 4.69) is 15.8 Å². The van der Waals surface area contributed by atoms with Gasteiger partial charge in [0.05, 0.1) is 19.2 Å². The highest BCUT2D eigenvalue weighted by atomic mass is 16.5. The lowest BCUT2D eigenvalue weighted by molar-refractivity contribution is -0.123. The van der Waals surface area contributed by atoms with E-state index < -0.39 is 12.1 Å². The Balaban J connectivity index is 1.15. The van der Waals surface area contributed by atoms with Crippen LogP contribution in [0.25, 0.3) is 11.3 Å². The second-order valence-corrected chi connectivity index (χ2v) is 11.5. The van der Waals surface area contributed by atoms with Gasteiger partial charge in [0.2, 0.25) is 0 Å². The molecular formula is C34H32N4O7. The number of benzene rings is 3. The predicted molar refractivity (Wildman–Crippen MR) is 162 cm³/mol. The molecule has 0 spiro atoms. The van der Waals surface area contributed by atoms with Crippen molar-refractivity contribution in [3.05, 3.63) is 95.7 Å². The highest BCUT2D eigenvalue weighted by molar-refractivity contribution is 5.96. The number of likely N-dealkylation sites (tertiary alicyclic amines) is 1. The normalized spacial score (nSPS) is 19.9. The molecule has 1 aromatic heterocycles. The molecule has 3 aliphatic heterocycles. The molecule has 1 saturated carbocycles. The topological polar surface area (TPSA) is 132 Å². The van der Waals surface area contributed by atoms with Gasteiger partial charge in [-0.1, -0.05) is 47.6 Å². The number of rotatable bonds is 5. The molecule has 2 atom stereocenters. The Morgan fingerprint density at radius 2 is 1.76 bits per heavy atom. The number of carbonyl (C=O) groups is 3. The molecule has 1 saturated heterocycles. The third-order valence-corrected chi connectivity index (χ3v) is 8.05. The number of carbonyl (C=O) groups excluding carboxylic acids is 3. The molecule has 1 aliphatic carbocycles. The van der Waals surface area contributed by atoms with Gasteiger partial charge in [0.15, 0.2) is 18.1 Å². The number of amides is 3. The first-order valence-corrected chi connectivity index (χ1v) is 15.0. The summed E-state index contributed by atoms with van der Waals surface area (Å²) in [5.74, 6) is 1.38. The highest BCUT2D eigenvalue weighted by Gasteiger charge is 2.39. The number of ether oxygens (including phenoxy) is 3. The molecule has 3 amide bonds. The van der Waals surface area contributed by atoms with E-state index >= 15 is 0 Å². The van der Waals surface area contributed by atoms with Crippen molar-refractivity contribution in [3.8, 4) is 28.6 Å². The summed E-state index contributed by atoms with van der Waals surface area (Å²) in [5, 5.41) is 9.93. The van der Waals surface area contributed by atoms with E-state index in [9.17, 15) is 14.4 Å².